The molecule has 1 fully saturated rings. The van der Waals surface area contributed by atoms with Gasteiger partial charge >= 0.3 is 0 Å². The molecule has 0 aliphatic carbocycles. The van der Waals surface area contributed by atoms with E-state index >= 15 is 0 Å². The van der Waals surface area contributed by atoms with Crippen LogP contribution in [0.25, 0.3) is 0 Å². The number of hydrogen-bond acceptors (Lipinski definition) is 3. The lowest BCUT2D eigenvalue weighted by atomic mass is 10.0. The lowest BCUT2D eigenvalue weighted by Crippen LogP contribution is -2.46. The van der Waals surface area contributed by atoms with Crippen LogP contribution in [0.3, 0.4) is 0 Å². The number of carbonyl (C=O) groups is 1. The number of piperidine rings is 1. The van der Waals surface area contributed by atoms with Crippen molar-refractivity contribution >= 4 is 5.91 Å². The molecule has 0 unspecified atom stereocenters. The second kappa shape index (κ2) is 6.81. The fraction of sp³-hybridized carbons (Fsp3) is 0.412. The van der Waals surface area contributed by atoms with Gasteiger partial charge in [0.25, 0.3) is 5.91 Å². The van der Waals surface area contributed by atoms with Crippen LogP contribution >= 0.6 is 0 Å². The molecule has 2 heterocycles. The first-order valence-electron chi connectivity index (χ1n) is 7.81. The van der Waals surface area contributed by atoms with Crippen LogP contribution in [0.1, 0.15) is 29.6 Å². The molecule has 0 N–H and O–H groups in total. The predicted molar refractivity (Wildman–Crippen MR) is 83.9 cm³/mol. The third-order valence-corrected chi connectivity index (χ3v) is 4.25. The summed E-state index contributed by atoms with van der Waals surface area (Å²) in [4.78, 5) is 14.5. The average molecular weight is 317 g/mol. The highest BCUT2D eigenvalue weighted by Gasteiger charge is 2.29. The highest BCUT2D eigenvalue weighted by Crippen LogP contribution is 2.23. The van der Waals surface area contributed by atoms with Crippen LogP contribution in [0.15, 0.2) is 36.7 Å². The standard InChI is InChI=1S/C17H20FN3O2/c1-23-14-6-7-15(16(18)11-14)17(22)21-10-3-2-5-13(21)12-20-9-4-8-19-20/h4,6-9,11,13H,2-3,5,10,12H2,1H3/t13-/m0/s1. The molecule has 2 aromatic rings. The highest BCUT2D eigenvalue weighted by atomic mass is 19.1. The molecule has 0 radical (unpaired) electrons. The number of hydrogen-bond donors (Lipinski definition) is 0. The molecule has 1 amide bonds. The summed E-state index contributed by atoms with van der Waals surface area (Å²) in [7, 11) is 1.47. The monoisotopic (exact) mass is 317 g/mol. The Kier molecular flexibility index (Phi) is 4.60. The molecule has 122 valence electrons. The summed E-state index contributed by atoms with van der Waals surface area (Å²) in [5.41, 5.74) is 0.0955. The van der Waals surface area contributed by atoms with Gasteiger partial charge in [-0.2, -0.15) is 5.10 Å². The maximum absolute atomic E-state index is 14.2. The third kappa shape index (κ3) is 3.36. The molecule has 3 rings (SSSR count). The Morgan fingerprint density at radius 3 is 3.00 bits per heavy atom. The van der Waals surface area contributed by atoms with Crippen molar-refractivity contribution in [2.75, 3.05) is 13.7 Å². The van der Waals surface area contributed by atoms with E-state index in [1.807, 2.05) is 16.9 Å². The van der Waals surface area contributed by atoms with Crippen LogP contribution in [-0.2, 0) is 6.54 Å². The molecule has 1 aromatic heterocycles. The zero-order chi connectivity index (χ0) is 16.2. The van der Waals surface area contributed by atoms with Crippen LogP contribution in [0, 0.1) is 5.82 Å². The van der Waals surface area contributed by atoms with Crippen LogP contribution in [-0.4, -0.2) is 40.3 Å². The van der Waals surface area contributed by atoms with E-state index in [4.69, 9.17) is 4.74 Å². The normalized spacial score (nSPS) is 18.0. The van der Waals surface area contributed by atoms with Gasteiger partial charge in [-0.15, -0.1) is 0 Å². The van der Waals surface area contributed by atoms with E-state index in [1.54, 1.807) is 17.2 Å². The molecule has 1 aliphatic heterocycles. The quantitative estimate of drug-likeness (QED) is 0.871. The first-order valence-corrected chi connectivity index (χ1v) is 7.81. The molecular formula is C17H20FN3O2. The Morgan fingerprint density at radius 2 is 2.30 bits per heavy atom. The minimum absolute atomic E-state index is 0.0395. The summed E-state index contributed by atoms with van der Waals surface area (Å²) in [6, 6.07) is 6.26. The molecule has 1 aromatic carbocycles. The van der Waals surface area contributed by atoms with Crippen molar-refractivity contribution in [1.29, 1.82) is 0 Å². The number of nitrogens with zero attached hydrogens (tertiary/aromatic N) is 3. The number of ether oxygens (including phenoxy) is 1. The van der Waals surface area contributed by atoms with Crippen molar-refractivity contribution in [3.63, 3.8) is 0 Å². The first kappa shape index (κ1) is 15.5. The zero-order valence-corrected chi connectivity index (χ0v) is 13.1. The molecule has 1 atom stereocenters. The topological polar surface area (TPSA) is 47.4 Å². The van der Waals surface area contributed by atoms with Gasteiger partial charge in [0.1, 0.15) is 11.6 Å². The van der Waals surface area contributed by atoms with E-state index in [0.717, 1.165) is 19.3 Å². The van der Waals surface area contributed by atoms with E-state index in [9.17, 15) is 9.18 Å². The van der Waals surface area contributed by atoms with Gasteiger partial charge in [-0.25, -0.2) is 4.39 Å². The SMILES string of the molecule is COc1ccc(C(=O)N2CCCC[C@H]2Cn2cccn2)c(F)c1. The van der Waals surface area contributed by atoms with Crippen LogP contribution < -0.4 is 4.74 Å². The summed E-state index contributed by atoms with van der Waals surface area (Å²) in [5, 5.41) is 4.21. The first-order chi connectivity index (χ1) is 11.2. The molecular weight excluding hydrogens is 297 g/mol. The fourth-order valence-corrected chi connectivity index (χ4v) is 3.03. The Morgan fingerprint density at radius 1 is 1.43 bits per heavy atom. The number of aromatic nitrogens is 2. The minimum Gasteiger partial charge on any atom is -0.497 e. The van der Waals surface area contributed by atoms with Crippen LogP contribution in [0.4, 0.5) is 4.39 Å². The predicted octanol–water partition coefficient (Wildman–Crippen LogP) is 2.73. The van der Waals surface area contributed by atoms with Gasteiger partial charge < -0.3 is 9.64 Å². The summed E-state index contributed by atoms with van der Waals surface area (Å²) in [5.74, 6) is -0.398. The number of rotatable bonds is 4. The van der Waals surface area contributed by atoms with E-state index in [2.05, 4.69) is 5.10 Å². The lowest BCUT2D eigenvalue weighted by molar-refractivity contribution is 0.0579. The van der Waals surface area contributed by atoms with Gasteiger partial charge in [0.15, 0.2) is 0 Å². The number of carbonyl (C=O) groups excluding carboxylic acids is 1. The van der Waals surface area contributed by atoms with Crippen LogP contribution in [0.5, 0.6) is 5.75 Å². The maximum Gasteiger partial charge on any atom is 0.257 e. The Labute approximate surface area is 134 Å². The molecule has 5 nitrogen and oxygen atoms in total. The van der Waals surface area contributed by atoms with Crippen molar-refractivity contribution in [2.45, 2.75) is 31.8 Å². The molecule has 6 heteroatoms. The number of likely N-dealkylation sites (tertiary alicyclic amines) is 1. The average Bonchev–Trinajstić information content (AvgIpc) is 3.07. The van der Waals surface area contributed by atoms with Gasteiger partial charge in [0, 0.05) is 25.0 Å². The fourth-order valence-electron chi connectivity index (χ4n) is 3.03. The van der Waals surface area contributed by atoms with Gasteiger partial charge in [-0.1, -0.05) is 0 Å². The summed E-state index contributed by atoms with van der Waals surface area (Å²) in [6.45, 7) is 1.28. The van der Waals surface area contributed by atoms with Crippen molar-refractivity contribution < 1.29 is 13.9 Å². The Bertz CT molecular complexity index is 672. The van der Waals surface area contributed by atoms with Crippen molar-refractivity contribution in [2.24, 2.45) is 0 Å². The van der Waals surface area contributed by atoms with Gasteiger partial charge in [0.05, 0.1) is 25.3 Å². The van der Waals surface area contributed by atoms with E-state index in [0.29, 0.717) is 18.8 Å². The van der Waals surface area contributed by atoms with Crippen molar-refractivity contribution in [1.82, 2.24) is 14.7 Å². The highest BCUT2D eigenvalue weighted by molar-refractivity contribution is 5.95. The third-order valence-electron chi connectivity index (χ3n) is 4.25. The lowest BCUT2D eigenvalue weighted by Gasteiger charge is -2.35. The molecule has 23 heavy (non-hydrogen) atoms. The molecule has 0 bridgehead atoms. The van der Waals surface area contributed by atoms with Gasteiger partial charge in [-0.3, -0.25) is 9.48 Å². The van der Waals surface area contributed by atoms with Crippen LogP contribution in [0.2, 0.25) is 0 Å². The summed E-state index contributed by atoms with van der Waals surface area (Å²) < 4.78 is 21.0. The molecule has 0 spiro atoms. The number of amides is 1. The smallest absolute Gasteiger partial charge is 0.257 e. The molecule has 1 aliphatic rings. The molecule has 0 saturated carbocycles. The summed E-state index contributed by atoms with van der Waals surface area (Å²) >= 11 is 0. The summed E-state index contributed by atoms with van der Waals surface area (Å²) in [6.07, 6.45) is 6.52. The van der Waals surface area contributed by atoms with Gasteiger partial charge in [0.2, 0.25) is 0 Å². The van der Waals surface area contributed by atoms with Gasteiger partial charge in [-0.05, 0) is 37.5 Å². The van der Waals surface area contributed by atoms with E-state index in [1.165, 1.54) is 19.2 Å². The van der Waals surface area contributed by atoms with Crippen molar-refractivity contribution in [3.8, 4) is 5.75 Å². The Balaban J connectivity index is 1.80. The molecule has 1 saturated heterocycles. The minimum atomic E-state index is -0.544. The second-order valence-corrected chi connectivity index (χ2v) is 5.72. The largest absolute Gasteiger partial charge is 0.497 e. The second-order valence-electron chi connectivity index (χ2n) is 5.72. The number of halogens is 1. The number of methoxy groups -OCH3 is 1. The Hall–Kier alpha value is -2.37. The van der Waals surface area contributed by atoms with Crippen molar-refractivity contribution in [3.05, 3.63) is 48.0 Å². The van der Waals surface area contributed by atoms with E-state index in [-0.39, 0.29) is 17.5 Å². The van der Waals surface area contributed by atoms with E-state index < -0.39 is 5.82 Å². The number of benzene rings is 1. The maximum atomic E-state index is 14.2. The zero-order valence-electron chi connectivity index (χ0n) is 13.1.